The van der Waals surface area contributed by atoms with Crippen molar-refractivity contribution in [3.8, 4) is 5.69 Å². The number of aromatic amines is 1. The molecule has 8 heteroatoms. The summed E-state index contributed by atoms with van der Waals surface area (Å²) in [6.07, 6.45) is 1.21. The molecule has 6 nitrogen and oxygen atoms in total. The summed E-state index contributed by atoms with van der Waals surface area (Å²) in [6, 6.07) is 7.82. The highest BCUT2D eigenvalue weighted by Crippen LogP contribution is 2.43. The van der Waals surface area contributed by atoms with Crippen LogP contribution in [0, 0.1) is 11.6 Å². The van der Waals surface area contributed by atoms with Gasteiger partial charge in [0.1, 0.15) is 0 Å². The normalized spacial score (nSPS) is 19.1. The molecule has 2 N–H and O–H groups in total. The first-order valence-corrected chi connectivity index (χ1v) is 10.2. The fourth-order valence-corrected chi connectivity index (χ4v) is 4.67. The van der Waals surface area contributed by atoms with Crippen molar-refractivity contribution in [2.75, 3.05) is 6.61 Å². The van der Waals surface area contributed by atoms with Gasteiger partial charge in [-0.25, -0.2) is 13.6 Å². The summed E-state index contributed by atoms with van der Waals surface area (Å²) in [7, 11) is 0. The van der Waals surface area contributed by atoms with Crippen molar-refractivity contribution in [1.29, 1.82) is 0 Å². The fraction of sp³-hybridized carbons (Fsp3) is 0.304. The van der Waals surface area contributed by atoms with Crippen LogP contribution in [0.15, 0.2) is 36.5 Å². The first-order chi connectivity index (χ1) is 14.8. The molecule has 1 aliphatic heterocycles. The number of aliphatic carboxylic acids is 1. The molecule has 1 fully saturated rings. The van der Waals surface area contributed by atoms with Crippen molar-refractivity contribution in [1.82, 2.24) is 14.8 Å². The number of nitrogens with one attached hydrogen (secondary N) is 1. The molecule has 2 aromatic heterocycles. The summed E-state index contributed by atoms with van der Waals surface area (Å²) in [5.74, 6) is -2.90. The van der Waals surface area contributed by atoms with Gasteiger partial charge in [0, 0.05) is 34.1 Å². The van der Waals surface area contributed by atoms with Crippen LogP contribution in [-0.4, -0.2) is 38.6 Å². The first-order valence-electron chi connectivity index (χ1n) is 10.2. The molecule has 0 bridgehead atoms. The molecule has 0 spiro atoms. The van der Waals surface area contributed by atoms with E-state index in [2.05, 4.69) is 10.2 Å². The minimum Gasteiger partial charge on any atom is -0.479 e. The number of carbonyl (C=O) groups is 1. The van der Waals surface area contributed by atoms with Crippen LogP contribution >= 0.6 is 0 Å². The van der Waals surface area contributed by atoms with E-state index in [-0.39, 0.29) is 18.4 Å². The second-order valence-corrected chi connectivity index (χ2v) is 8.31. The van der Waals surface area contributed by atoms with E-state index in [4.69, 9.17) is 4.74 Å². The maximum absolute atomic E-state index is 14.2. The number of benzene rings is 2. The monoisotopic (exact) mass is 425 g/mol. The third-order valence-corrected chi connectivity index (χ3v) is 5.99. The van der Waals surface area contributed by atoms with Crippen molar-refractivity contribution < 1.29 is 23.4 Å². The lowest BCUT2D eigenvalue weighted by molar-refractivity contribution is -0.147. The second kappa shape index (κ2) is 7.16. The predicted molar refractivity (Wildman–Crippen MR) is 112 cm³/mol. The summed E-state index contributed by atoms with van der Waals surface area (Å²) in [5.41, 5.74) is 4.10. The number of H-pyrrole nitrogens is 1. The summed E-state index contributed by atoms with van der Waals surface area (Å²) in [5, 5.41) is 18.3. The zero-order chi connectivity index (χ0) is 21.9. The molecule has 0 aliphatic carbocycles. The zero-order valence-electron chi connectivity index (χ0n) is 17.0. The Kier molecular flexibility index (Phi) is 4.55. The summed E-state index contributed by atoms with van der Waals surface area (Å²) < 4.78 is 35.3. The maximum Gasteiger partial charge on any atom is 0.332 e. The molecule has 4 aromatic rings. The lowest BCUT2D eigenvalue weighted by Gasteiger charge is -2.18. The van der Waals surface area contributed by atoms with E-state index < -0.39 is 23.7 Å². The third-order valence-electron chi connectivity index (χ3n) is 5.99. The molecular formula is C23H21F2N3O3. The quantitative estimate of drug-likeness (QED) is 0.489. The largest absolute Gasteiger partial charge is 0.479 e. The molecule has 1 aliphatic rings. The summed E-state index contributed by atoms with van der Waals surface area (Å²) in [6.45, 7) is 4.35. The highest BCUT2D eigenvalue weighted by atomic mass is 19.2. The first kappa shape index (κ1) is 19.7. The van der Waals surface area contributed by atoms with Gasteiger partial charge in [-0.2, -0.15) is 5.10 Å². The number of fused-ring (bicyclic) bond motifs is 2. The Morgan fingerprint density at radius 1 is 1.26 bits per heavy atom. The second-order valence-electron chi connectivity index (χ2n) is 8.31. The number of carboxylic acid groups (broad SMARTS) is 1. The topological polar surface area (TPSA) is 80.1 Å². The summed E-state index contributed by atoms with van der Waals surface area (Å²) >= 11 is 0. The minimum absolute atomic E-state index is 0.0378. The van der Waals surface area contributed by atoms with E-state index >= 15 is 0 Å². The van der Waals surface area contributed by atoms with E-state index in [0.717, 1.165) is 39.1 Å². The van der Waals surface area contributed by atoms with Crippen molar-refractivity contribution in [3.63, 3.8) is 0 Å². The Hall–Kier alpha value is -3.26. The highest BCUT2D eigenvalue weighted by molar-refractivity contribution is 5.99. The number of nitrogens with zero attached hydrogens (tertiary/aromatic N) is 2. The highest BCUT2D eigenvalue weighted by Gasteiger charge is 2.36. The van der Waals surface area contributed by atoms with E-state index in [1.807, 2.05) is 30.5 Å². The molecule has 0 radical (unpaired) electrons. The number of hydrogen-bond donors (Lipinski definition) is 2. The summed E-state index contributed by atoms with van der Waals surface area (Å²) in [4.78, 5) is 11.5. The lowest BCUT2D eigenvalue weighted by atomic mass is 9.90. The van der Waals surface area contributed by atoms with Crippen LogP contribution in [0.5, 0.6) is 0 Å². The average molecular weight is 425 g/mol. The number of carboxylic acids is 1. The smallest absolute Gasteiger partial charge is 0.332 e. The number of hydrogen-bond acceptors (Lipinski definition) is 3. The SMILES string of the molecule is CC(C)c1c([C@@H]2CO[C@@H](C(=O)O)C2)c2cc3[nH]ncc3cc2n1-c1ccc(F)c(F)c1. The Bertz CT molecular complexity index is 1320. The maximum atomic E-state index is 14.2. The van der Waals surface area contributed by atoms with Crippen LogP contribution in [0.4, 0.5) is 8.78 Å². The van der Waals surface area contributed by atoms with Crippen LogP contribution in [0.1, 0.15) is 43.4 Å². The van der Waals surface area contributed by atoms with E-state index in [0.29, 0.717) is 12.1 Å². The van der Waals surface area contributed by atoms with Gasteiger partial charge < -0.3 is 14.4 Å². The van der Waals surface area contributed by atoms with Gasteiger partial charge in [0.25, 0.3) is 0 Å². The third kappa shape index (κ3) is 3.09. The minimum atomic E-state index is -0.978. The van der Waals surface area contributed by atoms with Crippen LogP contribution in [0.2, 0.25) is 0 Å². The Balaban J connectivity index is 1.83. The molecule has 2 atom stereocenters. The number of aromatic nitrogens is 3. The van der Waals surface area contributed by atoms with Gasteiger partial charge in [-0.3, -0.25) is 5.10 Å². The van der Waals surface area contributed by atoms with Gasteiger partial charge >= 0.3 is 5.97 Å². The van der Waals surface area contributed by atoms with Crippen LogP contribution in [-0.2, 0) is 9.53 Å². The van der Waals surface area contributed by atoms with Crippen LogP contribution in [0.3, 0.4) is 0 Å². The number of ether oxygens (including phenoxy) is 1. The van der Waals surface area contributed by atoms with Crippen molar-refractivity contribution in [2.24, 2.45) is 0 Å². The Morgan fingerprint density at radius 2 is 2.06 bits per heavy atom. The van der Waals surface area contributed by atoms with Crippen LogP contribution < -0.4 is 0 Å². The average Bonchev–Trinajstić information content (AvgIpc) is 3.44. The van der Waals surface area contributed by atoms with Gasteiger partial charge in [0.05, 0.1) is 23.8 Å². The van der Waals surface area contributed by atoms with Gasteiger partial charge in [-0.05, 0) is 42.2 Å². The zero-order valence-corrected chi connectivity index (χ0v) is 17.0. The van der Waals surface area contributed by atoms with Gasteiger partial charge in [-0.15, -0.1) is 0 Å². The van der Waals surface area contributed by atoms with Crippen molar-refractivity contribution in [3.05, 3.63) is 59.4 Å². The number of halogens is 2. The van der Waals surface area contributed by atoms with Gasteiger partial charge in [-0.1, -0.05) is 13.8 Å². The van der Waals surface area contributed by atoms with E-state index in [9.17, 15) is 18.7 Å². The molecule has 1 saturated heterocycles. The fourth-order valence-electron chi connectivity index (χ4n) is 4.67. The van der Waals surface area contributed by atoms with Crippen molar-refractivity contribution in [2.45, 2.75) is 38.2 Å². The molecular weight excluding hydrogens is 404 g/mol. The molecule has 5 rings (SSSR count). The molecule has 3 heterocycles. The van der Waals surface area contributed by atoms with E-state index in [1.54, 1.807) is 12.3 Å². The lowest BCUT2D eigenvalue weighted by Crippen LogP contribution is -2.18. The van der Waals surface area contributed by atoms with Crippen molar-refractivity contribution >= 4 is 27.8 Å². The predicted octanol–water partition coefficient (Wildman–Crippen LogP) is 4.87. The van der Waals surface area contributed by atoms with Crippen LogP contribution in [0.25, 0.3) is 27.5 Å². The molecule has 31 heavy (non-hydrogen) atoms. The number of rotatable bonds is 4. The molecule has 2 aromatic carbocycles. The Labute approximate surface area is 176 Å². The van der Waals surface area contributed by atoms with E-state index in [1.165, 1.54) is 6.07 Å². The molecule has 0 saturated carbocycles. The van der Waals surface area contributed by atoms with Gasteiger partial charge in [0.15, 0.2) is 17.7 Å². The van der Waals surface area contributed by atoms with Gasteiger partial charge in [0.2, 0.25) is 0 Å². The molecule has 160 valence electrons. The molecule has 0 unspecified atom stereocenters. The Morgan fingerprint density at radius 3 is 2.74 bits per heavy atom. The molecule has 0 amide bonds. The standard InChI is InChI=1S/C23H21F2N3O3/c1-11(2)22-21(13-6-20(23(29)30)31-10-13)15-8-18-12(9-26-27-18)5-19(15)28(22)14-3-4-16(24)17(25)7-14/h3-5,7-9,11,13,20H,6,10H2,1-2H3,(H,26,27)(H,29,30)/t13-,20+/m0/s1.